The topological polar surface area (TPSA) is 102 Å². The largest absolute Gasteiger partial charge is 0.507 e. The summed E-state index contributed by atoms with van der Waals surface area (Å²) in [5.74, 6) is -1.60. The molecule has 0 saturated carbocycles. The number of carbonyl (C=O) groups is 2. The van der Waals surface area contributed by atoms with Gasteiger partial charge in [0.1, 0.15) is 11.3 Å². The van der Waals surface area contributed by atoms with Crippen LogP contribution in [0.2, 0.25) is 0 Å². The zero-order valence-electron chi connectivity index (χ0n) is 12.6. The van der Waals surface area contributed by atoms with Crippen LogP contribution < -0.4 is 10.6 Å². The number of benzene rings is 1. The molecule has 0 saturated heterocycles. The molecule has 21 heavy (non-hydrogen) atoms. The lowest BCUT2D eigenvalue weighted by molar-refractivity contribution is 0.0693. The van der Waals surface area contributed by atoms with Crippen LogP contribution in [0.1, 0.15) is 24.2 Å². The third kappa shape index (κ3) is 4.64. The molecule has 7 heteroatoms. The van der Waals surface area contributed by atoms with Gasteiger partial charge in [-0.1, -0.05) is 0 Å². The van der Waals surface area contributed by atoms with Gasteiger partial charge in [0.05, 0.1) is 0 Å². The summed E-state index contributed by atoms with van der Waals surface area (Å²) in [4.78, 5) is 24.7. The minimum atomic E-state index is -1.26. The highest BCUT2D eigenvalue weighted by atomic mass is 16.4. The molecule has 7 nitrogen and oxygen atoms in total. The zero-order valence-corrected chi connectivity index (χ0v) is 12.6. The van der Waals surface area contributed by atoms with Gasteiger partial charge in [0.15, 0.2) is 0 Å². The Kier molecular flexibility index (Phi) is 5.15. The zero-order chi connectivity index (χ0) is 16.2. The van der Waals surface area contributed by atoms with E-state index in [2.05, 4.69) is 10.6 Å². The third-order valence-corrected chi connectivity index (χ3v) is 3.38. The highest BCUT2D eigenvalue weighted by Gasteiger charge is 2.21. The number of nitrogens with zero attached hydrogens (tertiary/aromatic N) is 1. The summed E-state index contributed by atoms with van der Waals surface area (Å²) in [7, 11) is 3.83. The van der Waals surface area contributed by atoms with Crippen molar-refractivity contribution in [1.82, 2.24) is 10.2 Å². The number of amides is 2. The maximum absolute atomic E-state index is 11.8. The summed E-state index contributed by atoms with van der Waals surface area (Å²) >= 11 is 0. The van der Waals surface area contributed by atoms with E-state index < -0.39 is 12.0 Å². The second-order valence-electron chi connectivity index (χ2n) is 5.55. The molecule has 0 unspecified atom stereocenters. The molecule has 0 bridgehead atoms. The van der Waals surface area contributed by atoms with Crippen molar-refractivity contribution in [2.24, 2.45) is 0 Å². The van der Waals surface area contributed by atoms with Crippen molar-refractivity contribution in [3.05, 3.63) is 23.8 Å². The van der Waals surface area contributed by atoms with Gasteiger partial charge in [0, 0.05) is 17.8 Å². The van der Waals surface area contributed by atoms with Crippen LogP contribution in [0, 0.1) is 0 Å². The van der Waals surface area contributed by atoms with Gasteiger partial charge in [-0.3, -0.25) is 0 Å². The van der Waals surface area contributed by atoms with Crippen molar-refractivity contribution < 1.29 is 19.8 Å². The van der Waals surface area contributed by atoms with E-state index >= 15 is 0 Å². The number of urea groups is 1. The quantitative estimate of drug-likeness (QED) is 0.617. The maximum atomic E-state index is 11.8. The minimum absolute atomic E-state index is 0.210. The predicted molar refractivity (Wildman–Crippen MR) is 79.9 cm³/mol. The first-order chi connectivity index (χ1) is 9.63. The van der Waals surface area contributed by atoms with E-state index in [1.807, 2.05) is 32.8 Å². The molecule has 0 aliphatic rings. The molecular weight excluding hydrogens is 274 g/mol. The van der Waals surface area contributed by atoms with E-state index in [9.17, 15) is 14.7 Å². The van der Waals surface area contributed by atoms with Gasteiger partial charge in [-0.2, -0.15) is 0 Å². The van der Waals surface area contributed by atoms with Crippen LogP contribution >= 0.6 is 0 Å². The van der Waals surface area contributed by atoms with E-state index in [0.717, 1.165) is 0 Å². The molecule has 0 radical (unpaired) electrons. The third-order valence-electron chi connectivity index (χ3n) is 3.38. The van der Waals surface area contributed by atoms with Crippen LogP contribution in [0.5, 0.6) is 5.75 Å². The van der Waals surface area contributed by atoms with Gasteiger partial charge in [0.25, 0.3) is 0 Å². The summed E-state index contributed by atoms with van der Waals surface area (Å²) in [5, 5.41) is 23.5. The average Bonchev–Trinajstić information content (AvgIpc) is 2.38. The summed E-state index contributed by atoms with van der Waals surface area (Å²) in [6, 6.07) is 3.42. The smallest absolute Gasteiger partial charge is 0.339 e. The molecule has 1 aromatic carbocycles. The van der Waals surface area contributed by atoms with E-state index in [0.29, 0.717) is 12.2 Å². The predicted octanol–water partition coefficient (Wildman–Crippen LogP) is 1.55. The number of anilines is 1. The number of aromatic hydroxyl groups is 1. The van der Waals surface area contributed by atoms with Gasteiger partial charge in [-0.25, -0.2) is 9.59 Å². The van der Waals surface area contributed by atoms with Crippen LogP contribution in [0.3, 0.4) is 0 Å². The molecule has 0 fully saturated rings. The number of likely N-dealkylation sites (N-methyl/N-ethyl adjacent to an activating group) is 1. The summed E-state index contributed by atoms with van der Waals surface area (Å²) in [5.41, 5.74) is -0.176. The van der Waals surface area contributed by atoms with E-state index in [1.54, 1.807) is 0 Å². The number of hydrogen-bond acceptors (Lipinski definition) is 4. The van der Waals surface area contributed by atoms with E-state index in [-0.39, 0.29) is 16.9 Å². The molecule has 0 spiro atoms. The summed E-state index contributed by atoms with van der Waals surface area (Å²) in [6.45, 7) is 4.39. The maximum Gasteiger partial charge on any atom is 0.339 e. The molecule has 0 aromatic heterocycles. The number of carbonyl (C=O) groups excluding carboxylic acids is 1. The fraction of sp³-hybridized carbons (Fsp3) is 0.429. The van der Waals surface area contributed by atoms with E-state index in [4.69, 9.17) is 5.11 Å². The van der Waals surface area contributed by atoms with Crippen LogP contribution in [-0.4, -0.2) is 53.3 Å². The monoisotopic (exact) mass is 295 g/mol. The SMILES string of the molecule is CN(C)C(C)(C)CNC(=O)Nc1ccc(O)c(C(=O)O)c1. The number of carboxylic acid groups (broad SMARTS) is 1. The lowest BCUT2D eigenvalue weighted by atomic mass is 10.0. The van der Waals surface area contributed by atoms with Crippen molar-refractivity contribution in [2.75, 3.05) is 26.0 Å². The normalized spacial score (nSPS) is 11.3. The molecule has 2 amide bonds. The summed E-state index contributed by atoms with van der Waals surface area (Å²) in [6.07, 6.45) is 0. The van der Waals surface area contributed by atoms with Crippen LogP contribution in [0.25, 0.3) is 0 Å². The molecule has 0 aliphatic carbocycles. The Balaban J connectivity index is 2.68. The second-order valence-corrected chi connectivity index (χ2v) is 5.55. The molecule has 0 atom stereocenters. The van der Waals surface area contributed by atoms with Crippen molar-refractivity contribution in [3.8, 4) is 5.75 Å². The van der Waals surface area contributed by atoms with Crippen LogP contribution in [-0.2, 0) is 0 Å². The minimum Gasteiger partial charge on any atom is -0.507 e. The first kappa shape index (κ1) is 16.8. The molecule has 4 N–H and O–H groups in total. The molecule has 0 heterocycles. The number of rotatable bonds is 5. The van der Waals surface area contributed by atoms with Gasteiger partial charge in [0.2, 0.25) is 0 Å². The van der Waals surface area contributed by atoms with Gasteiger partial charge >= 0.3 is 12.0 Å². The standard InChI is InChI=1S/C14H21N3O4/c1-14(2,17(3)4)8-15-13(21)16-9-5-6-11(18)10(7-9)12(19)20/h5-7,18H,8H2,1-4H3,(H,19,20)(H2,15,16,21). The van der Waals surface area contributed by atoms with Crippen LogP contribution in [0.4, 0.5) is 10.5 Å². The van der Waals surface area contributed by atoms with Crippen LogP contribution in [0.15, 0.2) is 18.2 Å². The van der Waals surface area contributed by atoms with Gasteiger partial charge < -0.3 is 25.7 Å². The van der Waals surface area contributed by atoms with Crippen molar-refractivity contribution in [3.63, 3.8) is 0 Å². The van der Waals surface area contributed by atoms with Gasteiger partial charge in [-0.05, 0) is 46.1 Å². The molecular formula is C14H21N3O4. The highest BCUT2D eigenvalue weighted by molar-refractivity contribution is 5.95. The lowest BCUT2D eigenvalue weighted by Gasteiger charge is -2.32. The van der Waals surface area contributed by atoms with E-state index in [1.165, 1.54) is 18.2 Å². The number of aromatic carboxylic acids is 1. The van der Waals surface area contributed by atoms with Crippen molar-refractivity contribution in [2.45, 2.75) is 19.4 Å². The average molecular weight is 295 g/mol. The summed E-state index contributed by atoms with van der Waals surface area (Å²) < 4.78 is 0. The Hall–Kier alpha value is -2.28. The van der Waals surface area contributed by atoms with Gasteiger partial charge in [-0.15, -0.1) is 0 Å². The molecule has 0 aliphatic heterocycles. The Morgan fingerprint density at radius 1 is 1.29 bits per heavy atom. The first-order valence-electron chi connectivity index (χ1n) is 6.42. The molecule has 1 rings (SSSR count). The fourth-order valence-electron chi connectivity index (χ4n) is 1.42. The first-order valence-corrected chi connectivity index (χ1v) is 6.42. The Labute approximate surface area is 123 Å². The fourth-order valence-corrected chi connectivity index (χ4v) is 1.42. The Morgan fingerprint density at radius 3 is 2.43 bits per heavy atom. The number of nitrogens with one attached hydrogen (secondary N) is 2. The lowest BCUT2D eigenvalue weighted by Crippen LogP contribution is -2.49. The Morgan fingerprint density at radius 2 is 1.90 bits per heavy atom. The highest BCUT2D eigenvalue weighted by Crippen LogP contribution is 2.21. The molecule has 116 valence electrons. The number of hydrogen-bond donors (Lipinski definition) is 4. The van der Waals surface area contributed by atoms with Crippen molar-refractivity contribution >= 4 is 17.7 Å². The molecule has 1 aromatic rings. The number of phenols is 1. The number of carboxylic acids is 1. The second kappa shape index (κ2) is 6.45. The Bertz CT molecular complexity index is 541. The van der Waals surface area contributed by atoms with Crippen molar-refractivity contribution in [1.29, 1.82) is 0 Å².